The summed E-state index contributed by atoms with van der Waals surface area (Å²) in [5.41, 5.74) is 1.35. The zero-order chi connectivity index (χ0) is 25.2. The lowest BCUT2D eigenvalue weighted by molar-refractivity contribution is 0.205. The van der Waals surface area contributed by atoms with Crippen molar-refractivity contribution in [2.24, 2.45) is 0 Å². The first-order valence-corrected chi connectivity index (χ1v) is 12.2. The number of halogens is 2. The van der Waals surface area contributed by atoms with Gasteiger partial charge in [0.25, 0.3) is 5.56 Å². The molecule has 36 heavy (non-hydrogen) atoms. The van der Waals surface area contributed by atoms with E-state index in [1.165, 1.54) is 46.6 Å². The van der Waals surface area contributed by atoms with E-state index in [1.807, 2.05) is 13.0 Å². The molecule has 3 aromatic heterocycles. The lowest BCUT2D eigenvalue weighted by Crippen LogP contribution is -2.36. The average Bonchev–Trinajstić information content (AvgIpc) is 3.55. The van der Waals surface area contributed by atoms with E-state index in [4.69, 9.17) is 0 Å². The molecule has 2 N–H and O–H groups in total. The van der Waals surface area contributed by atoms with Crippen LogP contribution in [0.2, 0.25) is 0 Å². The highest BCUT2D eigenvalue weighted by atomic mass is 19.1. The maximum atomic E-state index is 14.6. The molecular weight excluding hydrogens is 464 g/mol. The summed E-state index contributed by atoms with van der Waals surface area (Å²) in [4.78, 5) is 26.3. The number of fused-ring (bicyclic) bond motifs is 3. The molecule has 2 aliphatic rings. The van der Waals surface area contributed by atoms with Gasteiger partial charge < -0.3 is 10.6 Å². The summed E-state index contributed by atoms with van der Waals surface area (Å²) in [6, 6.07) is 8.87. The minimum Gasteiger partial charge on any atom is -0.324 e. The highest BCUT2D eigenvalue weighted by Gasteiger charge is 2.46. The number of nitrogens with zero attached hydrogens (tertiary/aromatic N) is 5. The van der Waals surface area contributed by atoms with Crippen LogP contribution in [0.25, 0.3) is 16.9 Å². The van der Waals surface area contributed by atoms with Crippen LogP contribution in [0.1, 0.15) is 50.4 Å². The highest BCUT2D eigenvalue weighted by molar-refractivity contribution is 5.77. The molecule has 0 atom stereocenters. The maximum absolute atomic E-state index is 14.6. The molecule has 0 radical (unpaired) electrons. The summed E-state index contributed by atoms with van der Waals surface area (Å²) in [5, 5.41) is 7.18. The first-order valence-electron chi connectivity index (χ1n) is 12.2. The molecule has 10 heteroatoms. The zero-order valence-corrected chi connectivity index (χ0v) is 20.4. The molecule has 4 aromatic rings. The van der Waals surface area contributed by atoms with Gasteiger partial charge in [-0.25, -0.2) is 28.1 Å². The Hall–Kier alpha value is -3.66. The molecule has 6 rings (SSSR count). The molecule has 186 valence electrons. The van der Waals surface area contributed by atoms with Gasteiger partial charge in [-0.05, 0) is 75.4 Å². The molecule has 1 aliphatic heterocycles. The van der Waals surface area contributed by atoms with E-state index in [1.54, 1.807) is 0 Å². The SMILES string of the molecule is CCn1c(=O)c2cnc(Nc3ccc4c(c3)CCNC43CC3)nc2n1-c1ccc(F)c(C(C)(C)F)n1. The van der Waals surface area contributed by atoms with Gasteiger partial charge in [0, 0.05) is 30.5 Å². The molecule has 1 saturated carbocycles. The molecule has 1 fully saturated rings. The highest BCUT2D eigenvalue weighted by Crippen LogP contribution is 2.48. The largest absolute Gasteiger partial charge is 0.324 e. The second-order valence-corrected chi connectivity index (χ2v) is 9.99. The van der Waals surface area contributed by atoms with E-state index in [2.05, 4.69) is 37.7 Å². The fourth-order valence-electron chi connectivity index (χ4n) is 5.15. The van der Waals surface area contributed by atoms with Crippen molar-refractivity contribution < 1.29 is 8.78 Å². The van der Waals surface area contributed by atoms with Gasteiger partial charge in [-0.3, -0.25) is 4.79 Å². The fourth-order valence-corrected chi connectivity index (χ4v) is 5.15. The van der Waals surface area contributed by atoms with Gasteiger partial charge in [-0.15, -0.1) is 0 Å². The number of hydrogen-bond acceptors (Lipinski definition) is 6. The Bertz CT molecular complexity index is 1560. The van der Waals surface area contributed by atoms with Crippen molar-refractivity contribution in [2.45, 2.75) is 57.8 Å². The summed E-state index contributed by atoms with van der Waals surface area (Å²) >= 11 is 0. The van der Waals surface area contributed by atoms with Crippen LogP contribution in [0.15, 0.2) is 41.3 Å². The third-order valence-electron chi connectivity index (χ3n) is 7.07. The zero-order valence-electron chi connectivity index (χ0n) is 20.4. The van der Waals surface area contributed by atoms with Gasteiger partial charge in [0.2, 0.25) is 5.95 Å². The van der Waals surface area contributed by atoms with Crippen molar-refractivity contribution in [2.75, 3.05) is 11.9 Å². The van der Waals surface area contributed by atoms with Gasteiger partial charge in [0.1, 0.15) is 22.6 Å². The number of hydrogen-bond donors (Lipinski definition) is 2. The second kappa shape index (κ2) is 7.92. The van der Waals surface area contributed by atoms with Crippen molar-refractivity contribution in [3.05, 3.63) is 69.5 Å². The smallest absolute Gasteiger partial charge is 0.278 e. The van der Waals surface area contributed by atoms with Crippen molar-refractivity contribution >= 4 is 22.7 Å². The minimum atomic E-state index is -2.00. The molecule has 1 aliphatic carbocycles. The summed E-state index contributed by atoms with van der Waals surface area (Å²) < 4.78 is 31.9. The van der Waals surface area contributed by atoms with E-state index in [0.29, 0.717) is 23.5 Å². The number of aromatic nitrogens is 5. The van der Waals surface area contributed by atoms with Gasteiger partial charge in [-0.2, -0.15) is 4.98 Å². The van der Waals surface area contributed by atoms with E-state index in [-0.39, 0.29) is 22.6 Å². The Morgan fingerprint density at radius 1 is 1.19 bits per heavy atom. The van der Waals surface area contributed by atoms with Gasteiger partial charge >= 0.3 is 0 Å². The lowest BCUT2D eigenvalue weighted by atomic mass is 9.92. The molecule has 4 heterocycles. The number of alkyl halides is 1. The van der Waals surface area contributed by atoms with Crippen LogP contribution in [0.3, 0.4) is 0 Å². The Balaban J connectivity index is 1.43. The summed E-state index contributed by atoms with van der Waals surface area (Å²) in [7, 11) is 0. The van der Waals surface area contributed by atoms with Crippen molar-refractivity contribution in [1.82, 2.24) is 29.6 Å². The van der Waals surface area contributed by atoms with Gasteiger partial charge in [-0.1, -0.05) is 6.07 Å². The Morgan fingerprint density at radius 3 is 2.72 bits per heavy atom. The first-order chi connectivity index (χ1) is 17.2. The van der Waals surface area contributed by atoms with Crippen molar-refractivity contribution in [3.8, 4) is 5.82 Å². The predicted octanol–water partition coefficient (Wildman–Crippen LogP) is 4.22. The first kappa shape index (κ1) is 22.8. The van der Waals surface area contributed by atoms with Crippen LogP contribution < -0.4 is 16.2 Å². The normalized spacial score (nSPS) is 16.4. The van der Waals surface area contributed by atoms with Gasteiger partial charge in [0.15, 0.2) is 11.5 Å². The summed E-state index contributed by atoms with van der Waals surface area (Å²) in [6.45, 7) is 5.56. The topological polar surface area (TPSA) is 89.7 Å². The summed E-state index contributed by atoms with van der Waals surface area (Å²) in [6.07, 6.45) is 4.75. The molecule has 0 unspecified atom stereocenters. The molecular formula is C26H27F2N7O. The average molecular weight is 492 g/mol. The van der Waals surface area contributed by atoms with Crippen LogP contribution in [0.5, 0.6) is 0 Å². The molecule has 0 amide bonds. The number of benzene rings is 1. The van der Waals surface area contributed by atoms with E-state index in [9.17, 15) is 13.6 Å². The van der Waals surface area contributed by atoms with E-state index < -0.39 is 11.5 Å². The standard InChI is InChI=1S/C26H27F2N7O/c1-4-34-23(36)17-14-29-24(31-16-5-6-18-15(13-16)9-12-30-26(18)10-11-26)33-22(17)35(34)20-8-7-19(27)21(32-20)25(2,3)28/h5-8,13-14,30H,4,9-12H2,1-3H3,(H,29,31,33). The van der Waals surface area contributed by atoms with Crippen LogP contribution in [-0.2, 0) is 24.2 Å². The Morgan fingerprint density at radius 2 is 2.00 bits per heavy atom. The Labute approximate surface area is 206 Å². The minimum absolute atomic E-state index is 0.149. The van der Waals surface area contributed by atoms with Crippen molar-refractivity contribution in [1.29, 1.82) is 0 Å². The number of anilines is 2. The fraction of sp³-hybridized carbons (Fsp3) is 0.385. The molecule has 0 bridgehead atoms. The molecule has 1 aromatic carbocycles. The van der Waals surface area contributed by atoms with Crippen LogP contribution in [-0.4, -0.2) is 30.9 Å². The van der Waals surface area contributed by atoms with E-state index >= 15 is 0 Å². The number of rotatable bonds is 5. The molecule has 1 spiro atoms. The lowest BCUT2D eigenvalue weighted by Gasteiger charge is -2.27. The molecule has 8 nitrogen and oxygen atoms in total. The van der Waals surface area contributed by atoms with Crippen molar-refractivity contribution in [3.63, 3.8) is 0 Å². The van der Waals surface area contributed by atoms with Crippen LogP contribution >= 0.6 is 0 Å². The Kier molecular flexibility index (Phi) is 5.01. The third kappa shape index (κ3) is 3.59. The maximum Gasteiger partial charge on any atom is 0.278 e. The quantitative estimate of drug-likeness (QED) is 0.435. The molecule has 0 saturated heterocycles. The van der Waals surface area contributed by atoms with Crippen LogP contribution in [0.4, 0.5) is 20.4 Å². The van der Waals surface area contributed by atoms with Crippen LogP contribution in [0, 0.1) is 5.82 Å². The second-order valence-electron chi connectivity index (χ2n) is 9.99. The number of nitrogens with one attached hydrogen (secondary N) is 2. The summed E-state index contributed by atoms with van der Waals surface area (Å²) in [5.74, 6) is -0.236. The van der Waals surface area contributed by atoms with E-state index in [0.717, 1.165) is 37.6 Å². The predicted molar refractivity (Wildman–Crippen MR) is 133 cm³/mol. The monoisotopic (exact) mass is 491 g/mol. The third-order valence-corrected chi connectivity index (χ3v) is 7.07. The number of pyridine rings is 1. The van der Waals surface area contributed by atoms with Gasteiger partial charge in [0.05, 0.1) is 0 Å².